The van der Waals surface area contributed by atoms with Crippen molar-refractivity contribution in [2.24, 2.45) is 0 Å². The molecule has 34 heavy (non-hydrogen) atoms. The van der Waals surface area contributed by atoms with Crippen LogP contribution in [0.15, 0.2) is 48.5 Å². The molecule has 3 rings (SSSR count). The van der Waals surface area contributed by atoms with Gasteiger partial charge in [0, 0.05) is 27.5 Å². The minimum absolute atomic E-state index is 0.261. The Labute approximate surface area is 206 Å². The van der Waals surface area contributed by atoms with Crippen LogP contribution < -0.4 is 0 Å². The molecule has 0 unspecified atom stereocenters. The van der Waals surface area contributed by atoms with Gasteiger partial charge < -0.3 is 10.2 Å². The summed E-state index contributed by atoms with van der Waals surface area (Å²) in [5.74, 6) is 1.36. The molecule has 0 atom stereocenters. The Morgan fingerprint density at radius 3 is 1.53 bits per heavy atom. The smallest absolute Gasteiger partial charge is 0.123 e. The molecule has 0 aromatic heterocycles. The number of benzene rings is 3. The van der Waals surface area contributed by atoms with Crippen molar-refractivity contribution >= 4 is 0 Å². The Bertz CT molecular complexity index is 1110. The number of hydrogen-bond acceptors (Lipinski definition) is 2. The minimum Gasteiger partial charge on any atom is -0.508 e. The highest BCUT2D eigenvalue weighted by atomic mass is 16.3. The molecule has 2 N–H and O–H groups in total. The third kappa shape index (κ3) is 4.60. The van der Waals surface area contributed by atoms with E-state index in [0.717, 1.165) is 22.3 Å². The van der Waals surface area contributed by atoms with Gasteiger partial charge in [0.2, 0.25) is 0 Å². The summed E-state index contributed by atoms with van der Waals surface area (Å²) in [6.45, 7) is 21.5. The van der Waals surface area contributed by atoms with Crippen LogP contribution >= 0.6 is 0 Å². The summed E-state index contributed by atoms with van der Waals surface area (Å²) in [6.07, 6.45) is 0. The number of aromatic hydroxyl groups is 2. The molecule has 0 heterocycles. The molecule has 2 heteroatoms. The van der Waals surface area contributed by atoms with E-state index in [-0.39, 0.29) is 5.75 Å². The van der Waals surface area contributed by atoms with Gasteiger partial charge in [-0.2, -0.15) is 0 Å². The van der Waals surface area contributed by atoms with Crippen LogP contribution in [0.3, 0.4) is 0 Å². The van der Waals surface area contributed by atoms with E-state index in [1.807, 2.05) is 6.07 Å². The van der Waals surface area contributed by atoms with Crippen LogP contribution in [0.4, 0.5) is 0 Å². The fourth-order valence-corrected chi connectivity index (χ4v) is 5.11. The van der Waals surface area contributed by atoms with Gasteiger partial charge in [-0.3, -0.25) is 0 Å². The maximum absolute atomic E-state index is 11.8. The van der Waals surface area contributed by atoms with Crippen molar-refractivity contribution in [2.45, 2.75) is 91.9 Å². The zero-order valence-electron chi connectivity index (χ0n) is 22.7. The number of phenols is 2. The van der Waals surface area contributed by atoms with E-state index in [1.54, 1.807) is 6.07 Å². The molecule has 0 fully saturated rings. The summed E-state index contributed by atoms with van der Waals surface area (Å²) < 4.78 is 0. The summed E-state index contributed by atoms with van der Waals surface area (Å²) in [5, 5.41) is 22.6. The molecule has 3 aromatic carbocycles. The molecular formula is C32H42O2. The van der Waals surface area contributed by atoms with Gasteiger partial charge in [-0.05, 0) is 54.0 Å². The van der Waals surface area contributed by atoms with E-state index in [9.17, 15) is 10.2 Å². The molecule has 0 aliphatic carbocycles. The van der Waals surface area contributed by atoms with Crippen molar-refractivity contribution in [3.8, 4) is 11.5 Å². The second-order valence-corrected chi connectivity index (χ2v) is 11.6. The van der Waals surface area contributed by atoms with Crippen LogP contribution in [0.25, 0.3) is 0 Å². The van der Waals surface area contributed by atoms with Gasteiger partial charge in [-0.25, -0.2) is 0 Å². The monoisotopic (exact) mass is 458 g/mol. The van der Waals surface area contributed by atoms with Crippen molar-refractivity contribution in [1.82, 2.24) is 0 Å². The average Bonchev–Trinajstić information content (AvgIpc) is 2.74. The summed E-state index contributed by atoms with van der Waals surface area (Å²) >= 11 is 0. The first-order chi connectivity index (χ1) is 15.7. The Hall–Kier alpha value is -2.74. The molecule has 0 spiro atoms. The van der Waals surface area contributed by atoms with Gasteiger partial charge in [0.25, 0.3) is 0 Å². The normalized spacial score (nSPS) is 12.6. The predicted octanol–water partition coefficient (Wildman–Crippen LogP) is 8.61. The lowest BCUT2D eigenvalue weighted by Crippen LogP contribution is -2.25. The Kier molecular flexibility index (Phi) is 6.95. The molecule has 0 bridgehead atoms. The van der Waals surface area contributed by atoms with Gasteiger partial charge in [-0.15, -0.1) is 0 Å². The van der Waals surface area contributed by atoms with E-state index in [1.165, 1.54) is 22.3 Å². The van der Waals surface area contributed by atoms with E-state index >= 15 is 0 Å². The number of hydrogen-bond donors (Lipinski definition) is 2. The Morgan fingerprint density at radius 1 is 0.588 bits per heavy atom. The van der Waals surface area contributed by atoms with Gasteiger partial charge >= 0.3 is 0 Å². The van der Waals surface area contributed by atoms with Crippen LogP contribution in [0, 0.1) is 13.8 Å². The molecular weight excluding hydrogens is 416 g/mol. The Balaban J connectivity index is 2.24. The standard InChI is InChI=1S/C32H42O2/c1-19(2)23-12-11-22(6)25(17-23)31(7,8)27-15-21(5)16-28(30(27)34)32(9,10)26-18-24(20(3)4)13-14-29(26)33/h11-20,33-34H,1-10H3. The van der Waals surface area contributed by atoms with E-state index in [2.05, 4.69) is 106 Å². The van der Waals surface area contributed by atoms with Crippen molar-refractivity contribution in [1.29, 1.82) is 0 Å². The highest BCUT2D eigenvalue weighted by Crippen LogP contribution is 2.47. The van der Waals surface area contributed by atoms with Crippen molar-refractivity contribution in [3.05, 3.63) is 93.0 Å². The van der Waals surface area contributed by atoms with Crippen LogP contribution in [0.1, 0.15) is 112 Å². The fraction of sp³-hybridized carbons (Fsp3) is 0.438. The molecule has 0 saturated heterocycles. The van der Waals surface area contributed by atoms with Crippen LogP contribution in [0.2, 0.25) is 0 Å². The summed E-state index contributed by atoms with van der Waals surface area (Å²) in [5.41, 5.74) is 7.64. The van der Waals surface area contributed by atoms with Crippen LogP contribution in [-0.2, 0) is 10.8 Å². The maximum atomic E-state index is 11.8. The van der Waals surface area contributed by atoms with Crippen molar-refractivity contribution in [3.63, 3.8) is 0 Å². The molecule has 0 aliphatic rings. The topological polar surface area (TPSA) is 40.5 Å². The lowest BCUT2D eigenvalue weighted by atomic mass is 9.70. The lowest BCUT2D eigenvalue weighted by molar-refractivity contribution is 0.423. The quantitative estimate of drug-likeness (QED) is 0.388. The van der Waals surface area contributed by atoms with Crippen LogP contribution in [0.5, 0.6) is 11.5 Å². The highest BCUT2D eigenvalue weighted by Gasteiger charge is 2.35. The van der Waals surface area contributed by atoms with E-state index in [0.29, 0.717) is 17.6 Å². The van der Waals surface area contributed by atoms with Gasteiger partial charge in [0.1, 0.15) is 11.5 Å². The fourth-order valence-electron chi connectivity index (χ4n) is 5.11. The highest BCUT2D eigenvalue weighted by molar-refractivity contribution is 5.59. The van der Waals surface area contributed by atoms with Gasteiger partial charge in [0.15, 0.2) is 0 Å². The second-order valence-electron chi connectivity index (χ2n) is 11.6. The SMILES string of the molecule is Cc1cc(C(C)(C)c2cc(C(C)C)ccc2C)c(O)c(C(C)(C)c2cc(C(C)C)ccc2O)c1. The predicted molar refractivity (Wildman–Crippen MR) is 145 cm³/mol. The zero-order valence-corrected chi connectivity index (χ0v) is 22.7. The number of rotatable bonds is 6. The first-order valence-electron chi connectivity index (χ1n) is 12.5. The molecule has 0 radical (unpaired) electrons. The van der Waals surface area contributed by atoms with Crippen molar-refractivity contribution < 1.29 is 10.2 Å². The molecule has 0 saturated carbocycles. The third-order valence-corrected chi connectivity index (χ3v) is 7.56. The minimum atomic E-state index is -0.579. The maximum Gasteiger partial charge on any atom is 0.123 e. The lowest BCUT2D eigenvalue weighted by Gasteiger charge is -2.34. The summed E-state index contributed by atoms with van der Waals surface area (Å²) in [7, 11) is 0. The zero-order chi connectivity index (χ0) is 25.6. The van der Waals surface area contributed by atoms with E-state index in [4.69, 9.17) is 0 Å². The summed E-state index contributed by atoms with van der Waals surface area (Å²) in [6, 6.07) is 16.7. The molecule has 182 valence electrons. The first-order valence-corrected chi connectivity index (χ1v) is 12.5. The van der Waals surface area contributed by atoms with E-state index < -0.39 is 10.8 Å². The second kappa shape index (κ2) is 9.13. The molecule has 2 nitrogen and oxygen atoms in total. The number of phenolic OH excluding ortho intramolecular Hbond substituents is 2. The molecule has 3 aromatic rings. The van der Waals surface area contributed by atoms with Crippen LogP contribution in [-0.4, -0.2) is 10.2 Å². The largest absolute Gasteiger partial charge is 0.508 e. The number of aryl methyl sites for hydroxylation is 2. The first kappa shape index (κ1) is 25.9. The molecule has 0 amide bonds. The van der Waals surface area contributed by atoms with Gasteiger partial charge in [0.05, 0.1) is 0 Å². The average molecular weight is 459 g/mol. The Morgan fingerprint density at radius 2 is 1.03 bits per heavy atom. The summed E-state index contributed by atoms with van der Waals surface area (Å²) in [4.78, 5) is 0. The molecule has 0 aliphatic heterocycles. The third-order valence-electron chi connectivity index (χ3n) is 7.56. The van der Waals surface area contributed by atoms with Gasteiger partial charge in [-0.1, -0.05) is 103 Å². The van der Waals surface area contributed by atoms with Crippen molar-refractivity contribution in [2.75, 3.05) is 0 Å².